The molecule has 0 aromatic heterocycles. The smallest absolute Gasteiger partial charge is 0.224 e. The van der Waals surface area contributed by atoms with Crippen molar-refractivity contribution < 1.29 is 9.90 Å². The zero-order valence-corrected chi connectivity index (χ0v) is 8.75. The van der Waals surface area contributed by atoms with Crippen molar-refractivity contribution in [1.82, 2.24) is 4.90 Å². The normalized spacial score (nSPS) is 10.1. The first-order valence-electron chi connectivity index (χ1n) is 5.07. The molecule has 3 nitrogen and oxygen atoms in total. The van der Waals surface area contributed by atoms with Crippen molar-refractivity contribution >= 4 is 5.91 Å². The van der Waals surface area contributed by atoms with Gasteiger partial charge in [0.05, 0.1) is 6.61 Å². The van der Waals surface area contributed by atoms with Gasteiger partial charge in [-0.15, -0.1) is 0 Å². The van der Waals surface area contributed by atoms with Gasteiger partial charge in [0.15, 0.2) is 0 Å². The maximum atomic E-state index is 11.2. The fraction of sp³-hybridized carbons (Fsp3) is 0.900. The molecule has 0 rings (SSSR count). The topological polar surface area (TPSA) is 40.5 Å². The van der Waals surface area contributed by atoms with Crippen molar-refractivity contribution in [2.75, 3.05) is 20.2 Å². The van der Waals surface area contributed by atoms with Gasteiger partial charge in [-0.2, -0.15) is 0 Å². The highest BCUT2D eigenvalue weighted by Gasteiger charge is 2.05. The molecule has 0 saturated heterocycles. The number of carbonyl (C=O) groups excluding carboxylic acids is 1. The van der Waals surface area contributed by atoms with E-state index in [2.05, 4.69) is 6.92 Å². The van der Waals surface area contributed by atoms with Crippen LogP contribution in [-0.2, 0) is 4.79 Å². The molecule has 0 unspecified atom stereocenters. The molecule has 0 atom stereocenters. The summed E-state index contributed by atoms with van der Waals surface area (Å²) in [6.45, 7) is 2.94. The Balaban J connectivity index is 3.38. The van der Waals surface area contributed by atoms with Crippen molar-refractivity contribution in [2.45, 2.75) is 39.0 Å². The minimum Gasteiger partial charge on any atom is -0.396 e. The molecule has 0 heterocycles. The van der Waals surface area contributed by atoms with Gasteiger partial charge in [0.25, 0.3) is 0 Å². The quantitative estimate of drug-likeness (QED) is 0.612. The second-order valence-corrected chi connectivity index (χ2v) is 3.35. The van der Waals surface area contributed by atoms with Gasteiger partial charge in [-0.1, -0.05) is 26.2 Å². The molecule has 0 aromatic carbocycles. The molecule has 78 valence electrons. The van der Waals surface area contributed by atoms with Crippen molar-refractivity contribution in [3.63, 3.8) is 0 Å². The maximum Gasteiger partial charge on any atom is 0.224 e. The summed E-state index contributed by atoms with van der Waals surface area (Å²) < 4.78 is 0. The fourth-order valence-corrected chi connectivity index (χ4v) is 1.19. The van der Waals surface area contributed by atoms with E-state index in [1.54, 1.807) is 11.9 Å². The van der Waals surface area contributed by atoms with E-state index in [0.717, 1.165) is 13.0 Å². The van der Waals surface area contributed by atoms with Gasteiger partial charge < -0.3 is 10.0 Å². The summed E-state index contributed by atoms with van der Waals surface area (Å²) in [5, 5.41) is 8.55. The molecule has 0 aliphatic heterocycles. The Labute approximate surface area is 80.7 Å². The number of aliphatic hydroxyl groups is 1. The van der Waals surface area contributed by atoms with Crippen molar-refractivity contribution in [3.05, 3.63) is 0 Å². The highest BCUT2D eigenvalue weighted by molar-refractivity contribution is 5.75. The lowest BCUT2D eigenvalue weighted by Crippen LogP contribution is -2.28. The van der Waals surface area contributed by atoms with Crippen LogP contribution in [0.1, 0.15) is 39.0 Å². The fourth-order valence-electron chi connectivity index (χ4n) is 1.19. The molecule has 13 heavy (non-hydrogen) atoms. The lowest BCUT2D eigenvalue weighted by molar-refractivity contribution is -0.130. The SMILES string of the molecule is CCCCCCN(C)C(=O)CCO. The van der Waals surface area contributed by atoms with Crippen molar-refractivity contribution in [2.24, 2.45) is 0 Å². The molecule has 0 aliphatic carbocycles. The molecule has 3 heteroatoms. The van der Waals surface area contributed by atoms with Crippen LogP contribution in [0.15, 0.2) is 0 Å². The number of nitrogens with zero attached hydrogens (tertiary/aromatic N) is 1. The molecule has 0 radical (unpaired) electrons. The van der Waals surface area contributed by atoms with Gasteiger partial charge in [0.1, 0.15) is 0 Å². The first-order valence-corrected chi connectivity index (χ1v) is 5.07. The van der Waals surface area contributed by atoms with E-state index < -0.39 is 0 Å². The summed E-state index contributed by atoms with van der Waals surface area (Å²) in [4.78, 5) is 12.9. The van der Waals surface area contributed by atoms with Crippen LogP contribution in [0, 0.1) is 0 Å². The summed E-state index contributed by atoms with van der Waals surface area (Å²) in [7, 11) is 1.80. The molecule has 0 saturated carbocycles. The maximum absolute atomic E-state index is 11.2. The molecule has 1 amide bonds. The van der Waals surface area contributed by atoms with Gasteiger partial charge in [0, 0.05) is 20.0 Å². The van der Waals surface area contributed by atoms with Gasteiger partial charge in [-0.3, -0.25) is 4.79 Å². The third kappa shape index (κ3) is 6.58. The van der Waals surface area contributed by atoms with Crippen LogP contribution >= 0.6 is 0 Å². The van der Waals surface area contributed by atoms with Gasteiger partial charge >= 0.3 is 0 Å². The average Bonchev–Trinajstić information content (AvgIpc) is 2.12. The first kappa shape index (κ1) is 12.4. The lowest BCUT2D eigenvalue weighted by Gasteiger charge is -2.16. The zero-order chi connectivity index (χ0) is 10.1. The Morgan fingerprint density at radius 3 is 2.54 bits per heavy atom. The van der Waals surface area contributed by atoms with Crippen molar-refractivity contribution in [3.8, 4) is 0 Å². The molecular weight excluding hydrogens is 166 g/mol. The lowest BCUT2D eigenvalue weighted by atomic mass is 10.2. The number of unbranched alkanes of at least 4 members (excludes halogenated alkanes) is 3. The van der Waals surface area contributed by atoms with Crippen LogP contribution < -0.4 is 0 Å². The zero-order valence-electron chi connectivity index (χ0n) is 8.75. The summed E-state index contributed by atoms with van der Waals surface area (Å²) in [6.07, 6.45) is 4.97. The third-order valence-electron chi connectivity index (χ3n) is 2.10. The van der Waals surface area contributed by atoms with E-state index >= 15 is 0 Å². The standard InChI is InChI=1S/C10H21NO2/c1-3-4-5-6-8-11(2)10(13)7-9-12/h12H,3-9H2,1-2H3. The van der Waals surface area contributed by atoms with Crippen LogP contribution in [0.5, 0.6) is 0 Å². The van der Waals surface area contributed by atoms with E-state index in [1.807, 2.05) is 0 Å². The third-order valence-corrected chi connectivity index (χ3v) is 2.10. The van der Waals surface area contributed by atoms with Crippen LogP contribution in [-0.4, -0.2) is 36.1 Å². The molecule has 0 bridgehead atoms. The van der Waals surface area contributed by atoms with E-state index in [1.165, 1.54) is 19.3 Å². The first-order chi connectivity index (χ1) is 6.22. The number of hydrogen-bond donors (Lipinski definition) is 1. The minimum absolute atomic E-state index is 0.0407. The predicted octanol–water partition coefficient (Wildman–Crippen LogP) is 1.41. The Morgan fingerprint density at radius 1 is 1.31 bits per heavy atom. The number of hydrogen-bond acceptors (Lipinski definition) is 2. The predicted molar refractivity (Wildman–Crippen MR) is 53.5 cm³/mol. The summed E-state index contributed by atoms with van der Waals surface area (Å²) in [5.41, 5.74) is 0. The van der Waals surface area contributed by atoms with E-state index in [-0.39, 0.29) is 18.9 Å². The second-order valence-electron chi connectivity index (χ2n) is 3.35. The molecule has 1 N–H and O–H groups in total. The summed E-state index contributed by atoms with van der Waals surface area (Å²) in [5.74, 6) is 0.0407. The molecule has 0 fully saturated rings. The van der Waals surface area contributed by atoms with Crippen LogP contribution in [0.25, 0.3) is 0 Å². The minimum atomic E-state index is -0.0435. The Hall–Kier alpha value is -0.570. The Morgan fingerprint density at radius 2 is 2.00 bits per heavy atom. The highest BCUT2D eigenvalue weighted by Crippen LogP contribution is 2.00. The van der Waals surface area contributed by atoms with Gasteiger partial charge in [0.2, 0.25) is 5.91 Å². The van der Waals surface area contributed by atoms with Crippen LogP contribution in [0.4, 0.5) is 0 Å². The highest BCUT2D eigenvalue weighted by atomic mass is 16.3. The van der Waals surface area contributed by atoms with Crippen LogP contribution in [0.2, 0.25) is 0 Å². The Bertz CT molecular complexity index is 137. The number of aliphatic hydroxyl groups excluding tert-OH is 1. The second kappa shape index (κ2) is 8.05. The van der Waals surface area contributed by atoms with Crippen LogP contribution in [0.3, 0.4) is 0 Å². The largest absolute Gasteiger partial charge is 0.396 e. The molecule has 0 aromatic rings. The average molecular weight is 187 g/mol. The number of carbonyl (C=O) groups is 1. The number of amides is 1. The molecule has 0 spiro atoms. The van der Waals surface area contributed by atoms with E-state index in [0.29, 0.717) is 0 Å². The molecule has 0 aliphatic rings. The van der Waals surface area contributed by atoms with Gasteiger partial charge in [-0.05, 0) is 6.42 Å². The summed E-state index contributed by atoms with van der Waals surface area (Å²) >= 11 is 0. The van der Waals surface area contributed by atoms with Crippen molar-refractivity contribution in [1.29, 1.82) is 0 Å². The summed E-state index contributed by atoms with van der Waals surface area (Å²) in [6, 6.07) is 0. The molecular formula is C10H21NO2. The number of rotatable bonds is 7. The monoisotopic (exact) mass is 187 g/mol. The van der Waals surface area contributed by atoms with E-state index in [9.17, 15) is 4.79 Å². The Kier molecular flexibility index (Phi) is 7.69. The van der Waals surface area contributed by atoms with Gasteiger partial charge in [-0.25, -0.2) is 0 Å². The van der Waals surface area contributed by atoms with E-state index in [4.69, 9.17) is 5.11 Å².